The Morgan fingerprint density at radius 3 is 1.84 bits per heavy atom. The van der Waals surface area contributed by atoms with E-state index in [-0.39, 0.29) is 68.8 Å². The molecule has 24 atom stereocenters. The normalized spacial score (nSPS) is 32.4. The van der Waals surface area contributed by atoms with E-state index in [4.69, 9.17) is 75.8 Å². The van der Waals surface area contributed by atoms with Gasteiger partial charge < -0.3 is 14.4 Å². The number of ether oxygens (including phenoxy) is 16. The van der Waals surface area contributed by atoms with Crippen molar-refractivity contribution in [2.75, 3.05) is 33.5 Å². The van der Waals surface area contributed by atoms with Crippen LogP contribution >= 0.6 is 16.9 Å². The number of nitrogens with zero attached hydrogens (tertiary/aromatic N) is 4. The van der Waals surface area contributed by atoms with Crippen LogP contribution in [0.1, 0.15) is 133 Å². The quantitative estimate of drug-likeness (QED) is 0.00956. The predicted octanol–water partition coefficient (Wildman–Crippen LogP) is 7.28. The first-order valence-corrected chi connectivity index (χ1v) is 37.1. The molecule has 548 valence electrons. The molecule has 5 heterocycles. The van der Waals surface area contributed by atoms with Gasteiger partial charge in [-0.1, -0.05) is 60.7 Å². The molecule has 0 N–H and O–H groups in total. The second-order valence-corrected chi connectivity index (χ2v) is 29.5. The Bertz CT molecular complexity index is 3050. The van der Waals surface area contributed by atoms with Gasteiger partial charge >= 0.3 is 408 Å². The number of hydrogen-bond donors (Lipinski definition) is 0. The van der Waals surface area contributed by atoms with E-state index in [0.29, 0.717) is 45.2 Å². The van der Waals surface area contributed by atoms with E-state index in [1.54, 1.807) is 18.7 Å². The van der Waals surface area contributed by atoms with Crippen molar-refractivity contribution in [1.29, 1.82) is 0 Å². The van der Waals surface area contributed by atoms with E-state index in [0.717, 1.165) is 46.0 Å². The number of carbonyl (C=O) groups excluding carboxylic acids is 6. The van der Waals surface area contributed by atoms with Crippen molar-refractivity contribution in [3.8, 4) is 0 Å². The molecule has 28 nitrogen and oxygen atoms in total. The Morgan fingerprint density at radius 1 is 0.700 bits per heavy atom. The van der Waals surface area contributed by atoms with Crippen LogP contribution in [0.2, 0.25) is 0 Å². The third-order valence-corrected chi connectivity index (χ3v) is 21.9. The molecule has 0 saturated carbocycles. The maximum atomic E-state index is 14.4. The fourth-order valence-corrected chi connectivity index (χ4v) is 16.6. The van der Waals surface area contributed by atoms with Gasteiger partial charge in [0, 0.05) is 26.9 Å². The van der Waals surface area contributed by atoms with Crippen LogP contribution in [0.3, 0.4) is 0 Å². The summed E-state index contributed by atoms with van der Waals surface area (Å²) in [6.45, 7) is 20.2. The molecule has 0 bridgehead atoms. The van der Waals surface area contributed by atoms with Gasteiger partial charge in [-0.05, 0) is 44.2 Å². The molecule has 10 unspecified atom stereocenters. The van der Waals surface area contributed by atoms with Crippen molar-refractivity contribution in [3.63, 3.8) is 0 Å². The van der Waals surface area contributed by atoms with Gasteiger partial charge in [-0.25, -0.2) is 9.59 Å². The number of methoxy groups -OCH3 is 1. The molecule has 0 radical (unpaired) electrons. The van der Waals surface area contributed by atoms with Crippen molar-refractivity contribution >= 4 is 80.7 Å². The van der Waals surface area contributed by atoms with Gasteiger partial charge in [-0.15, -0.1) is 0 Å². The van der Waals surface area contributed by atoms with E-state index < -0.39 is 169 Å². The van der Waals surface area contributed by atoms with Gasteiger partial charge in [0.2, 0.25) is 0 Å². The van der Waals surface area contributed by atoms with Gasteiger partial charge in [-0.2, -0.15) is 0 Å². The summed E-state index contributed by atoms with van der Waals surface area (Å²) < 4.78 is 128. The minimum atomic E-state index is -2.01. The Balaban J connectivity index is 1.24. The molecule has 34 heteroatoms. The number of benzene rings is 2. The van der Waals surface area contributed by atoms with Crippen molar-refractivity contribution < 1.29 is 114 Å². The Kier molecular flexibility index (Phi) is 32.4. The summed E-state index contributed by atoms with van der Waals surface area (Å²) in [4.78, 5) is 84.6. The molecule has 0 spiro atoms. The minimum absolute atomic E-state index is 0.00945. The number of carbonyl (C=O) groups is 6. The molecule has 5 fully saturated rings. The van der Waals surface area contributed by atoms with Crippen molar-refractivity contribution in [1.82, 2.24) is 4.90 Å². The Hall–Kier alpha value is -5.31. The third-order valence-electron chi connectivity index (χ3n) is 18.7. The molecule has 0 aliphatic carbocycles. The zero-order valence-corrected chi connectivity index (χ0v) is 61.5. The molecule has 5 aliphatic rings. The first-order valence-electron chi connectivity index (χ1n) is 34.5. The average Bonchev–Trinajstić information content (AvgIpc) is 1.02. The van der Waals surface area contributed by atoms with Crippen molar-refractivity contribution in [2.45, 2.75) is 250 Å². The second-order valence-electron chi connectivity index (χ2n) is 26.6. The Morgan fingerprint density at radius 2 is 1.27 bits per heavy atom. The molecule has 1 amide bonds. The van der Waals surface area contributed by atoms with Crippen LogP contribution in [0.4, 0.5) is 4.79 Å². The maximum absolute atomic E-state index is 14.4. The van der Waals surface area contributed by atoms with Gasteiger partial charge in [0.15, 0.2) is 0 Å². The third kappa shape index (κ3) is 22.4. The average molecular weight is 1440 g/mol. The summed E-state index contributed by atoms with van der Waals surface area (Å²) in [5, 5.41) is 4.00. The van der Waals surface area contributed by atoms with Crippen LogP contribution < -0.4 is 0 Å². The van der Waals surface area contributed by atoms with E-state index in [2.05, 4.69) is 10.0 Å². The summed E-state index contributed by atoms with van der Waals surface area (Å²) in [5.41, 5.74) is 10.8. The summed E-state index contributed by atoms with van der Waals surface area (Å²) in [6, 6.07) is 17.5. The molecule has 5 saturated heterocycles. The fourth-order valence-electron chi connectivity index (χ4n) is 13.5. The predicted molar refractivity (Wildman–Crippen MR) is 368 cm³/mol. The van der Waals surface area contributed by atoms with Crippen LogP contribution in [-0.4, -0.2) is 217 Å². The zero-order valence-electron chi connectivity index (χ0n) is 59.5. The van der Waals surface area contributed by atoms with E-state index in [1.807, 2.05) is 102 Å². The first-order chi connectivity index (χ1) is 47.8. The number of hydrogen-bond acceptors (Lipinski definition) is 25. The van der Waals surface area contributed by atoms with Crippen LogP contribution in [0.25, 0.3) is 10.4 Å². The van der Waals surface area contributed by atoms with Gasteiger partial charge in [0.05, 0.1) is 13.7 Å². The van der Waals surface area contributed by atoms with E-state index in [1.165, 1.54) is 14.0 Å². The summed E-state index contributed by atoms with van der Waals surface area (Å²) in [6.07, 6.45) is -15.4. The Labute approximate surface area is 591 Å². The summed E-state index contributed by atoms with van der Waals surface area (Å²) in [7, 11) is 2.61. The fraction of sp³-hybridized carbons (Fsp3) is 0.727. The van der Waals surface area contributed by atoms with Crippen LogP contribution in [0, 0.1) is 23.7 Å². The van der Waals surface area contributed by atoms with Crippen molar-refractivity contribution in [3.05, 3.63) is 82.2 Å². The zero-order chi connectivity index (χ0) is 72.8. The molecular formula is C66H98B4N4O24P2. The van der Waals surface area contributed by atoms with Gasteiger partial charge in [-0.3, -0.25) is 9.59 Å². The topological polar surface area (TPSA) is 336 Å². The molecule has 2 aromatic rings. The molecule has 0 aromatic heterocycles. The molecule has 2 aromatic carbocycles. The number of rotatable bonds is 35. The standard InChI is InChI=1S/C66H98B4N4O24P2/c1-14-36(3)50-58(99-69-67-81)39(6)52(95-60-48(72-73-71)55(89-42(9)77)53(88-41(8)76)46(91-60)34-84-40(7)75)61(93-50)96-56-57(90-43(10)78)62(94-51(37(4)15-2)59(56)100-70-68-82)92-49-38(5)31-66(63(79)83-13,98-54(49)47-35-87-65(11,12)97-47)86-30-24-18-23-29-74(32-44-25-19-16-20-26-44)64(80)85-33-45-27-21-17-22-28-45/h16-17,19-22,25-28,36-39,46-62,69-70,99-100H,14-15,18,23-24,29-35H2,1-13H3/t36-,37-,38+,39?,46?,47+,48+,49+,50-,51?,52?,53+,54?,55?,56+,57?,58-,59+,60+,61?,62-,66+/m0/s1. The molecule has 5 aliphatic heterocycles. The van der Waals surface area contributed by atoms with E-state index >= 15 is 0 Å². The van der Waals surface area contributed by atoms with Gasteiger partial charge in [0.1, 0.15) is 6.61 Å². The monoisotopic (exact) mass is 1440 g/mol. The van der Waals surface area contributed by atoms with Crippen LogP contribution in [-0.2, 0) is 122 Å². The van der Waals surface area contributed by atoms with E-state index in [9.17, 15) is 43.7 Å². The first kappa shape index (κ1) is 82.0. The van der Waals surface area contributed by atoms with Gasteiger partial charge in [0.25, 0.3) is 0 Å². The van der Waals surface area contributed by atoms with Crippen molar-refractivity contribution in [2.24, 2.45) is 28.8 Å². The molecular weight excluding hydrogens is 1340 g/mol. The number of azide groups is 1. The van der Waals surface area contributed by atoms with Crippen LogP contribution in [0.15, 0.2) is 65.8 Å². The molecule has 7 rings (SSSR count). The number of esters is 5. The van der Waals surface area contributed by atoms with Crippen LogP contribution in [0.5, 0.6) is 0 Å². The summed E-state index contributed by atoms with van der Waals surface area (Å²) >= 11 is 0. The second kappa shape index (κ2) is 39.5. The number of unbranched alkanes of at least 4 members (excludes halogenated alkanes) is 2. The molecule has 100 heavy (non-hydrogen) atoms. The summed E-state index contributed by atoms with van der Waals surface area (Å²) in [5.74, 6) is -8.82. The SMILES string of the molecule is CC[C@H](C)C1O[C@H](O[C@H]2C([C@H]3COC(C)(C)O3)O[C@@](OCCCCCN(Cc3ccccc3)C(=O)OCc3ccccc3)(C(=O)OC)C[C@H]2C)C(OC(C)=O)[C@@H](OC2O[C@@H]([C@@H](C)CC)[C@@H](PBB=O)C(C)C2O[C@H]2OC(COC(C)=O)[C@@H](OC(C)=O)C(OC(C)=O)[C@H]2N=[N+]=[N-])[C@@H]1PBB=O. The number of amides is 1.